The summed E-state index contributed by atoms with van der Waals surface area (Å²) in [5.74, 6) is -0.397. The van der Waals surface area contributed by atoms with E-state index < -0.39 is 27.2 Å². The van der Waals surface area contributed by atoms with Gasteiger partial charge in [-0.05, 0) is 36.4 Å². The number of nitrogens with one attached hydrogen (secondary N) is 2. The van der Waals surface area contributed by atoms with Crippen LogP contribution in [0.15, 0.2) is 67.8 Å². The molecule has 140 valence electrons. The second-order valence-corrected chi connectivity index (χ2v) is 7.06. The fourth-order valence-electron chi connectivity index (χ4n) is 2.30. The number of amides is 1. The van der Waals surface area contributed by atoms with Crippen LogP contribution in [0.1, 0.15) is 16.1 Å². The van der Waals surface area contributed by atoms with Gasteiger partial charge in [0.15, 0.2) is 0 Å². The smallest absolute Gasteiger partial charge is 0.328 e. The first-order valence-electron chi connectivity index (χ1n) is 7.55. The lowest BCUT2D eigenvalue weighted by atomic mass is 10.2. The van der Waals surface area contributed by atoms with Crippen LogP contribution in [-0.4, -0.2) is 23.9 Å². The lowest BCUT2D eigenvalue weighted by Crippen LogP contribution is -2.39. The van der Waals surface area contributed by atoms with E-state index in [2.05, 4.69) is 10.3 Å². The molecule has 0 radical (unpaired) electrons. The topological polar surface area (TPSA) is 157 Å². The van der Waals surface area contributed by atoms with Gasteiger partial charge >= 0.3 is 5.69 Å². The Bertz CT molecular complexity index is 1190. The maximum atomic E-state index is 12.5. The molecule has 0 aliphatic rings. The molecule has 10 nitrogen and oxygen atoms in total. The van der Waals surface area contributed by atoms with E-state index in [-0.39, 0.29) is 22.7 Å². The van der Waals surface area contributed by atoms with Gasteiger partial charge < -0.3 is 14.7 Å². The fourth-order valence-corrected chi connectivity index (χ4v) is 2.82. The van der Waals surface area contributed by atoms with Crippen LogP contribution in [0.5, 0.6) is 0 Å². The van der Waals surface area contributed by atoms with Gasteiger partial charge in [0.1, 0.15) is 11.3 Å². The van der Waals surface area contributed by atoms with Crippen molar-refractivity contribution < 1.29 is 17.6 Å². The Morgan fingerprint density at radius 1 is 1.19 bits per heavy atom. The molecule has 27 heavy (non-hydrogen) atoms. The normalized spacial score (nSPS) is 11.3. The van der Waals surface area contributed by atoms with Crippen LogP contribution in [0.4, 0.5) is 5.69 Å². The Morgan fingerprint density at radius 3 is 2.48 bits per heavy atom. The molecule has 0 unspecified atom stereocenters. The molecule has 0 bridgehead atoms. The monoisotopic (exact) mass is 390 g/mol. The third-order valence-corrected chi connectivity index (χ3v) is 4.57. The number of hydrogen-bond acceptors (Lipinski definition) is 6. The highest BCUT2D eigenvalue weighted by Gasteiger charge is 2.16. The Labute approximate surface area is 152 Å². The van der Waals surface area contributed by atoms with Crippen molar-refractivity contribution in [3.8, 4) is 0 Å². The number of benzene rings is 1. The van der Waals surface area contributed by atoms with Crippen molar-refractivity contribution in [2.45, 2.75) is 11.4 Å². The van der Waals surface area contributed by atoms with Gasteiger partial charge in [0.05, 0.1) is 17.7 Å². The van der Waals surface area contributed by atoms with Gasteiger partial charge in [-0.2, -0.15) is 0 Å². The van der Waals surface area contributed by atoms with Crippen molar-refractivity contribution in [2.75, 3.05) is 5.32 Å². The number of carbonyl (C=O) groups excluding carboxylic acids is 1. The van der Waals surface area contributed by atoms with Gasteiger partial charge in [0, 0.05) is 11.9 Å². The minimum atomic E-state index is -3.86. The van der Waals surface area contributed by atoms with Crippen LogP contribution < -0.4 is 21.7 Å². The number of hydrogen-bond donors (Lipinski definition) is 3. The van der Waals surface area contributed by atoms with Gasteiger partial charge in [0.25, 0.3) is 11.5 Å². The summed E-state index contributed by atoms with van der Waals surface area (Å²) >= 11 is 0. The molecule has 0 spiro atoms. The highest BCUT2D eigenvalue weighted by Crippen LogP contribution is 2.13. The van der Waals surface area contributed by atoms with Gasteiger partial charge in [0.2, 0.25) is 10.0 Å². The molecule has 0 aliphatic carbocycles. The number of furan rings is 1. The predicted molar refractivity (Wildman–Crippen MR) is 94.9 cm³/mol. The number of aromatic amines is 1. The zero-order chi connectivity index (χ0) is 19.6. The first-order valence-corrected chi connectivity index (χ1v) is 9.09. The number of nitrogens with zero attached hydrogens (tertiary/aromatic N) is 1. The molecule has 0 aliphatic heterocycles. The first kappa shape index (κ1) is 18.4. The summed E-state index contributed by atoms with van der Waals surface area (Å²) in [6.45, 7) is -0.134. The van der Waals surface area contributed by atoms with Crippen molar-refractivity contribution in [3.05, 3.63) is 81.0 Å². The number of nitrogens with two attached hydrogens (primary N) is 1. The van der Waals surface area contributed by atoms with Crippen LogP contribution in [0.2, 0.25) is 0 Å². The third kappa shape index (κ3) is 4.04. The quantitative estimate of drug-likeness (QED) is 0.560. The summed E-state index contributed by atoms with van der Waals surface area (Å²) in [5.41, 5.74) is -1.54. The second kappa shape index (κ2) is 7.05. The standard InChI is InChI=1S/C16H14N4O6S/c17-27(24,25)12-5-3-10(4-6-12)19-14(21)13-8-18-16(23)20(15(13)22)9-11-2-1-7-26-11/h1-8H,9H2,(H,18,23)(H,19,21)(H2,17,24,25). The van der Waals surface area contributed by atoms with E-state index in [0.29, 0.717) is 5.76 Å². The maximum Gasteiger partial charge on any atom is 0.328 e. The van der Waals surface area contributed by atoms with Crippen LogP contribution in [-0.2, 0) is 16.6 Å². The molecule has 0 atom stereocenters. The number of anilines is 1. The Morgan fingerprint density at radius 2 is 1.89 bits per heavy atom. The number of aromatic nitrogens is 2. The van der Waals surface area contributed by atoms with E-state index in [0.717, 1.165) is 10.8 Å². The minimum absolute atomic E-state index is 0.120. The second-order valence-electron chi connectivity index (χ2n) is 5.50. The average Bonchev–Trinajstić information content (AvgIpc) is 3.11. The zero-order valence-corrected chi connectivity index (χ0v) is 14.5. The van der Waals surface area contributed by atoms with Crippen LogP contribution in [0, 0.1) is 0 Å². The number of H-pyrrole nitrogens is 1. The third-order valence-electron chi connectivity index (χ3n) is 3.64. The Hall–Kier alpha value is -3.44. The van der Waals surface area contributed by atoms with E-state index in [1.807, 2.05) is 0 Å². The molecular formula is C16H14N4O6S. The fraction of sp³-hybridized carbons (Fsp3) is 0.0625. The molecule has 2 heterocycles. The molecule has 0 fully saturated rings. The number of carbonyl (C=O) groups is 1. The number of primary sulfonamides is 1. The van der Waals surface area contributed by atoms with Gasteiger partial charge in [-0.25, -0.2) is 18.4 Å². The van der Waals surface area contributed by atoms with Crippen molar-refractivity contribution in [1.29, 1.82) is 0 Å². The lowest BCUT2D eigenvalue weighted by Gasteiger charge is -2.08. The molecule has 2 aromatic heterocycles. The predicted octanol–water partition coefficient (Wildman–Crippen LogP) is 0.0776. The summed E-state index contributed by atoms with van der Waals surface area (Å²) in [5, 5.41) is 7.45. The molecular weight excluding hydrogens is 376 g/mol. The average molecular weight is 390 g/mol. The summed E-state index contributed by atoms with van der Waals surface area (Å²) in [6, 6.07) is 8.28. The molecule has 1 amide bonds. The molecule has 1 aromatic carbocycles. The molecule has 3 rings (SSSR count). The highest BCUT2D eigenvalue weighted by molar-refractivity contribution is 7.89. The molecule has 11 heteroatoms. The number of sulfonamides is 1. The SMILES string of the molecule is NS(=O)(=O)c1ccc(NC(=O)c2c[nH]c(=O)n(Cc3ccco3)c2=O)cc1. The summed E-state index contributed by atoms with van der Waals surface area (Å²) in [4.78, 5) is 39.0. The van der Waals surface area contributed by atoms with E-state index in [1.54, 1.807) is 12.1 Å². The van der Waals surface area contributed by atoms with Gasteiger partial charge in [-0.3, -0.25) is 14.2 Å². The van der Waals surface area contributed by atoms with Crippen molar-refractivity contribution >= 4 is 21.6 Å². The van der Waals surface area contributed by atoms with Gasteiger partial charge in [-0.1, -0.05) is 0 Å². The van der Waals surface area contributed by atoms with E-state index in [1.165, 1.54) is 30.5 Å². The summed E-state index contributed by atoms with van der Waals surface area (Å²) in [6.07, 6.45) is 2.41. The van der Waals surface area contributed by atoms with Gasteiger partial charge in [-0.15, -0.1) is 0 Å². The maximum absolute atomic E-state index is 12.5. The van der Waals surface area contributed by atoms with E-state index in [9.17, 15) is 22.8 Å². The molecule has 4 N–H and O–H groups in total. The van der Waals surface area contributed by atoms with Crippen molar-refractivity contribution in [1.82, 2.24) is 9.55 Å². The highest BCUT2D eigenvalue weighted by atomic mass is 32.2. The molecule has 0 saturated carbocycles. The Kier molecular flexibility index (Phi) is 4.79. The van der Waals surface area contributed by atoms with Crippen LogP contribution in [0.3, 0.4) is 0 Å². The van der Waals surface area contributed by atoms with E-state index >= 15 is 0 Å². The lowest BCUT2D eigenvalue weighted by molar-refractivity contribution is 0.102. The zero-order valence-electron chi connectivity index (χ0n) is 13.7. The van der Waals surface area contributed by atoms with Crippen LogP contribution in [0.25, 0.3) is 0 Å². The molecule has 3 aromatic rings. The van der Waals surface area contributed by atoms with Crippen molar-refractivity contribution in [2.24, 2.45) is 5.14 Å². The first-order chi connectivity index (χ1) is 12.8. The Balaban J connectivity index is 1.87. The number of rotatable bonds is 5. The van der Waals surface area contributed by atoms with E-state index in [4.69, 9.17) is 9.56 Å². The summed E-state index contributed by atoms with van der Waals surface area (Å²) < 4.78 is 28.4. The minimum Gasteiger partial charge on any atom is -0.467 e. The largest absolute Gasteiger partial charge is 0.467 e. The molecule has 0 saturated heterocycles. The van der Waals surface area contributed by atoms with Crippen molar-refractivity contribution in [3.63, 3.8) is 0 Å². The summed E-state index contributed by atoms with van der Waals surface area (Å²) in [7, 11) is -3.86. The van der Waals surface area contributed by atoms with Crippen LogP contribution >= 0.6 is 0 Å².